The van der Waals surface area contributed by atoms with E-state index in [1.165, 1.54) is 44.6 Å². The predicted octanol–water partition coefficient (Wildman–Crippen LogP) is 2.01. The lowest BCUT2D eigenvalue weighted by Crippen LogP contribution is -2.23. The fraction of sp³-hybridized carbons (Fsp3) is 0.176. The lowest BCUT2D eigenvalue weighted by Gasteiger charge is -2.11. The minimum absolute atomic E-state index is 0.0582. The number of hydrogen-bond acceptors (Lipinski definition) is 4. The van der Waals surface area contributed by atoms with Crippen LogP contribution >= 0.6 is 0 Å². The topological polar surface area (TPSA) is 78.8 Å². The number of nitrogens with one attached hydrogen (secondary N) is 1. The molecule has 0 aliphatic carbocycles. The van der Waals surface area contributed by atoms with Crippen molar-refractivity contribution in [1.29, 1.82) is 0 Å². The molecule has 1 amide bonds. The zero-order valence-corrected chi connectivity index (χ0v) is 14.5. The van der Waals surface area contributed by atoms with Gasteiger partial charge >= 0.3 is 0 Å². The second-order valence-electron chi connectivity index (χ2n) is 5.43. The number of carbonyl (C=O) groups is 1. The summed E-state index contributed by atoms with van der Waals surface area (Å²) in [6, 6.07) is 13.5. The second-order valence-corrected chi connectivity index (χ2v) is 7.58. The molecule has 0 heterocycles. The smallest absolute Gasteiger partial charge is 0.267 e. The number of sulfonamides is 1. The zero-order valence-electron chi connectivity index (χ0n) is 13.7. The van der Waals surface area contributed by atoms with E-state index in [1.54, 1.807) is 0 Å². The second kappa shape index (κ2) is 7.37. The molecule has 0 unspecified atom stereocenters. The monoisotopic (exact) mass is 345 g/mol. The van der Waals surface area contributed by atoms with Crippen molar-refractivity contribution in [1.82, 2.24) is 9.73 Å². The minimum Gasteiger partial charge on any atom is -0.267 e. The van der Waals surface area contributed by atoms with Gasteiger partial charge in [-0.2, -0.15) is 5.10 Å². The van der Waals surface area contributed by atoms with Gasteiger partial charge in [0.25, 0.3) is 5.91 Å². The van der Waals surface area contributed by atoms with E-state index in [4.69, 9.17) is 0 Å². The van der Waals surface area contributed by atoms with E-state index in [0.29, 0.717) is 0 Å². The summed E-state index contributed by atoms with van der Waals surface area (Å²) in [4.78, 5) is 12.2. The fourth-order valence-corrected chi connectivity index (χ4v) is 2.94. The molecule has 1 N–H and O–H groups in total. The number of nitrogens with zero attached hydrogens (tertiary/aromatic N) is 2. The molecule has 0 saturated heterocycles. The van der Waals surface area contributed by atoms with Gasteiger partial charge in [0.05, 0.1) is 11.1 Å². The number of hydrogen-bond donors (Lipinski definition) is 1. The van der Waals surface area contributed by atoms with Gasteiger partial charge < -0.3 is 0 Å². The van der Waals surface area contributed by atoms with Crippen LogP contribution in [0.25, 0.3) is 0 Å². The van der Waals surface area contributed by atoms with Gasteiger partial charge in [-0.05, 0) is 30.7 Å². The molecule has 0 atom stereocenters. The Morgan fingerprint density at radius 1 is 1.12 bits per heavy atom. The van der Waals surface area contributed by atoms with Gasteiger partial charge in [-0.3, -0.25) is 4.79 Å². The first-order chi connectivity index (χ1) is 11.3. The third-order valence-electron chi connectivity index (χ3n) is 3.30. The molecule has 2 aromatic rings. The summed E-state index contributed by atoms with van der Waals surface area (Å²) in [5.41, 5.74) is 4.57. The van der Waals surface area contributed by atoms with Gasteiger partial charge in [-0.1, -0.05) is 35.9 Å². The van der Waals surface area contributed by atoms with Crippen LogP contribution < -0.4 is 5.43 Å². The van der Waals surface area contributed by atoms with Crippen molar-refractivity contribution in [2.75, 3.05) is 14.1 Å². The Kier molecular flexibility index (Phi) is 5.48. The molecule has 0 spiro atoms. The number of aryl methyl sites for hydroxylation is 1. The Bertz CT molecular complexity index is 874. The maximum Gasteiger partial charge on any atom is 0.271 e. The van der Waals surface area contributed by atoms with Crippen molar-refractivity contribution in [2.45, 2.75) is 11.8 Å². The first-order valence-electron chi connectivity index (χ1n) is 7.23. The molecule has 2 aromatic carbocycles. The molecule has 0 aliphatic heterocycles. The van der Waals surface area contributed by atoms with E-state index >= 15 is 0 Å². The molecule has 0 aromatic heterocycles. The summed E-state index contributed by atoms with van der Waals surface area (Å²) < 4.78 is 25.3. The number of benzene rings is 2. The van der Waals surface area contributed by atoms with Crippen LogP contribution in [0.3, 0.4) is 0 Å². The van der Waals surface area contributed by atoms with Gasteiger partial charge in [0, 0.05) is 19.7 Å². The largest absolute Gasteiger partial charge is 0.271 e. The van der Waals surface area contributed by atoms with E-state index in [2.05, 4.69) is 10.5 Å². The predicted molar refractivity (Wildman–Crippen MR) is 93.6 cm³/mol. The van der Waals surface area contributed by atoms with Gasteiger partial charge in [-0.25, -0.2) is 18.1 Å². The van der Waals surface area contributed by atoms with Crippen molar-refractivity contribution in [3.8, 4) is 0 Å². The molecule has 6 nitrogen and oxygen atoms in total. The molecule has 7 heteroatoms. The molecular weight excluding hydrogens is 326 g/mol. The summed E-state index contributed by atoms with van der Waals surface area (Å²) in [5, 5.41) is 3.90. The SMILES string of the molecule is Cc1cccc(/C=N\NC(=O)c2cccc(S(=O)(=O)N(C)C)c2)c1. The van der Waals surface area contributed by atoms with Crippen LogP contribution in [-0.4, -0.2) is 38.9 Å². The maximum absolute atomic E-state index is 12.1. The Labute approximate surface area is 141 Å². The highest BCUT2D eigenvalue weighted by Gasteiger charge is 2.18. The Balaban J connectivity index is 2.13. The lowest BCUT2D eigenvalue weighted by molar-refractivity contribution is 0.0955. The average molecular weight is 345 g/mol. The summed E-state index contributed by atoms with van der Waals surface area (Å²) in [6.45, 7) is 1.96. The molecular formula is C17H19N3O3S. The molecule has 0 fully saturated rings. The number of rotatable bonds is 5. The fourth-order valence-electron chi connectivity index (χ4n) is 1.99. The van der Waals surface area contributed by atoms with E-state index in [0.717, 1.165) is 15.4 Å². The number of hydrazone groups is 1. The normalized spacial score (nSPS) is 11.8. The van der Waals surface area contributed by atoms with Crippen molar-refractivity contribution >= 4 is 22.1 Å². The van der Waals surface area contributed by atoms with Crippen LogP contribution in [-0.2, 0) is 10.0 Å². The molecule has 126 valence electrons. The highest BCUT2D eigenvalue weighted by Crippen LogP contribution is 2.14. The summed E-state index contributed by atoms with van der Waals surface area (Å²) >= 11 is 0. The van der Waals surface area contributed by atoms with Crippen LogP contribution in [0, 0.1) is 6.92 Å². The van der Waals surface area contributed by atoms with Crippen molar-refractivity contribution in [3.63, 3.8) is 0 Å². The molecule has 0 aliphatic rings. The molecule has 2 rings (SSSR count). The Morgan fingerprint density at radius 3 is 2.50 bits per heavy atom. The van der Waals surface area contributed by atoms with Gasteiger partial charge in [-0.15, -0.1) is 0 Å². The Morgan fingerprint density at radius 2 is 1.83 bits per heavy atom. The first kappa shape index (κ1) is 17.8. The van der Waals surface area contributed by atoms with E-state index < -0.39 is 15.9 Å². The van der Waals surface area contributed by atoms with Crippen LogP contribution in [0.1, 0.15) is 21.5 Å². The molecule has 0 radical (unpaired) electrons. The van der Waals surface area contributed by atoms with E-state index in [1.807, 2.05) is 31.2 Å². The highest BCUT2D eigenvalue weighted by atomic mass is 32.2. The van der Waals surface area contributed by atoms with Crippen LogP contribution in [0.4, 0.5) is 0 Å². The number of carbonyl (C=O) groups excluding carboxylic acids is 1. The third kappa shape index (κ3) is 4.27. The third-order valence-corrected chi connectivity index (χ3v) is 5.11. The minimum atomic E-state index is -3.59. The standard InChI is InChI=1S/C17H19N3O3S/c1-13-6-4-7-14(10-13)12-18-19-17(21)15-8-5-9-16(11-15)24(22,23)20(2)3/h4-12H,1-3H3,(H,19,21)/b18-12-. The molecule has 24 heavy (non-hydrogen) atoms. The van der Waals surface area contributed by atoms with Gasteiger partial charge in [0.15, 0.2) is 0 Å². The number of amides is 1. The highest BCUT2D eigenvalue weighted by molar-refractivity contribution is 7.89. The van der Waals surface area contributed by atoms with E-state index in [9.17, 15) is 13.2 Å². The molecule has 0 saturated carbocycles. The zero-order chi connectivity index (χ0) is 17.7. The van der Waals surface area contributed by atoms with Crippen LogP contribution in [0.2, 0.25) is 0 Å². The first-order valence-corrected chi connectivity index (χ1v) is 8.67. The van der Waals surface area contributed by atoms with Crippen molar-refractivity contribution in [3.05, 3.63) is 65.2 Å². The average Bonchev–Trinajstić information content (AvgIpc) is 2.55. The summed E-state index contributed by atoms with van der Waals surface area (Å²) in [6.07, 6.45) is 1.53. The maximum atomic E-state index is 12.1. The summed E-state index contributed by atoms with van der Waals surface area (Å²) in [7, 11) is -0.709. The van der Waals surface area contributed by atoms with Crippen LogP contribution in [0.15, 0.2) is 58.5 Å². The quantitative estimate of drug-likeness (QED) is 0.665. The van der Waals surface area contributed by atoms with Crippen molar-refractivity contribution < 1.29 is 13.2 Å². The van der Waals surface area contributed by atoms with Crippen molar-refractivity contribution in [2.24, 2.45) is 5.10 Å². The van der Waals surface area contributed by atoms with Gasteiger partial charge in [0.1, 0.15) is 0 Å². The van der Waals surface area contributed by atoms with Gasteiger partial charge in [0.2, 0.25) is 10.0 Å². The lowest BCUT2D eigenvalue weighted by atomic mass is 10.2. The van der Waals surface area contributed by atoms with Crippen LogP contribution in [0.5, 0.6) is 0 Å². The molecule has 0 bridgehead atoms. The van der Waals surface area contributed by atoms with E-state index in [-0.39, 0.29) is 10.5 Å². The summed E-state index contributed by atoms with van der Waals surface area (Å²) in [5.74, 6) is -0.477. The Hall–Kier alpha value is -2.51.